The Labute approximate surface area is 937 Å². The van der Waals surface area contributed by atoms with Gasteiger partial charge in [-0.1, -0.05) is 109 Å². The summed E-state index contributed by atoms with van der Waals surface area (Å²) in [6, 6.07) is 40.8. The summed E-state index contributed by atoms with van der Waals surface area (Å²) in [4.78, 5) is 206. The van der Waals surface area contributed by atoms with Gasteiger partial charge in [-0.05, 0) is 209 Å². The number of halogens is 1. The third-order valence-corrected chi connectivity index (χ3v) is 24.7. The van der Waals surface area contributed by atoms with Crippen molar-refractivity contribution in [2.45, 2.75) is 137 Å². The number of thiocyanates is 1. The van der Waals surface area contributed by atoms with Crippen LogP contribution in [0.25, 0.3) is 72.6 Å². The number of hydrogen-bond acceptors (Lipinski definition) is 41. The quantitative estimate of drug-likeness (QED) is 0.00321. The number of benzene rings is 7. The summed E-state index contributed by atoms with van der Waals surface area (Å²) < 4.78 is 24.8. The van der Waals surface area contributed by atoms with Crippen molar-refractivity contribution >= 4 is 300 Å². The van der Waals surface area contributed by atoms with E-state index in [1.165, 1.54) is 136 Å². The first-order valence-electron chi connectivity index (χ1n) is 43.1. The van der Waals surface area contributed by atoms with E-state index in [0.29, 0.717) is 124 Å². The molecule has 1 aliphatic heterocycles. The number of ketones is 7. The predicted molar refractivity (Wildman–Crippen MR) is 572 cm³/mol. The maximum atomic E-state index is 12.5. The normalized spacial score (nSPS) is 11.2. The molecule has 49 heteroatoms. The van der Waals surface area contributed by atoms with E-state index in [4.69, 9.17) is 30.9 Å². The number of anilines is 7. The first-order chi connectivity index (χ1) is 67.9. The number of hydrogen-bond donors (Lipinski definition) is 7. The summed E-state index contributed by atoms with van der Waals surface area (Å²) >= 11 is 15.0. The number of nitrogens with one attached hydrogen (secondary N) is 5. The molecule has 0 spiro atoms. The number of amides is 5. The number of thiazole rings is 6. The largest absolute Gasteiger partial charge is 1.00 e. The van der Waals surface area contributed by atoms with Gasteiger partial charge in [-0.15, -0.1) is 0 Å². The molecule has 0 bridgehead atoms. The second-order valence-electron chi connectivity index (χ2n) is 30.1. The van der Waals surface area contributed by atoms with E-state index in [1.54, 1.807) is 139 Å². The molecule has 0 saturated carbocycles. The summed E-state index contributed by atoms with van der Waals surface area (Å²) in [5, 5.41) is 41.8. The summed E-state index contributed by atoms with van der Waals surface area (Å²) in [6.07, 6.45) is 0.113. The molecule has 1 aliphatic rings. The molecule has 15 rings (SSSR count). The average Bonchev–Trinajstić information content (AvgIpc) is 1.74. The average molecular weight is 2220 g/mol. The van der Waals surface area contributed by atoms with Gasteiger partial charge in [0.05, 0.1) is 121 Å². The Kier molecular flexibility index (Phi) is 55.6. The van der Waals surface area contributed by atoms with E-state index in [1.807, 2.05) is 48.5 Å². The first-order valence-corrected chi connectivity index (χ1v) is 49.5. The van der Waals surface area contributed by atoms with Crippen LogP contribution in [0.4, 0.5) is 36.5 Å². The third-order valence-electron chi connectivity index (χ3n) is 18.7. The molecule has 5 amide bonds. The van der Waals surface area contributed by atoms with Crippen LogP contribution in [0.2, 0.25) is 0 Å². The first kappa shape index (κ1) is 128. The van der Waals surface area contributed by atoms with Crippen molar-refractivity contribution < 1.29 is 171 Å². The fourth-order valence-electron chi connectivity index (χ4n) is 12.1. The Morgan fingerprint density at radius 3 is 1.19 bits per heavy atom. The van der Waals surface area contributed by atoms with Crippen molar-refractivity contribution in [1.29, 1.82) is 5.26 Å². The molecule has 10 N–H and O–H groups in total. The van der Waals surface area contributed by atoms with Crippen molar-refractivity contribution in [3.05, 3.63) is 184 Å². The van der Waals surface area contributed by atoms with Crippen LogP contribution in [0.5, 0.6) is 0 Å². The fraction of sp³-hybridized carbons (Fsp3) is 0.276. The number of nitriles is 1. The van der Waals surface area contributed by atoms with Gasteiger partial charge < -0.3 is 75.1 Å². The molecule has 14 aromatic rings. The number of ether oxygens (including phenoxy) is 4. The Morgan fingerprint density at radius 2 is 0.810 bits per heavy atom. The van der Waals surface area contributed by atoms with Crippen LogP contribution >= 0.6 is 84.0 Å². The number of alkyl halides is 1. The maximum absolute atomic E-state index is 12.5. The number of nitrogens with zero attached hydrogens (tertiary/aromatic N) is 11. The number of carbonyl (C=O) groups excluding carboxylic acids is 16. The molecule has 2 atom stereocenters. The summed E-state index contributed by atoms with van der Waals surface area (Å²) in [5.41, 5.74) is 24.0. The van der Waals surface area contributed by atoms with Crippen LogP contribution < -0.4 is 108 Å². The second kappa shape index (κ2) is 63.7. The zero-order valence-corrected chi connectivity index (χ0v) is 92.9. The molecule has 39 nitrogen and oxygen atoms in total. The topological polar surface area (TPSA) is 604 Å². The van der Waals surface area contributed by atoms with Crippen LogP contribution in [-0.4, -0.2) is 183 Å². The van der Waals surface area contributed by atoms with Gasteiger partial charge in [0.25, 0.3) is 0 Å². The van der Waals surface area contributed by atoms with Gasteiger partial charge in [0.15, 0.2) is 59.7 Å². The van der Waals surface area contributed by atoms with Crippen molar-refractivity contribution in [1.82, 2.24) is 40.1 Å². The number of rotatable bonds is 25. The Balaban J connectivity index is 0.000000437. The van der Waals surface area contributed by atoms with Gasteiger partial charge in [-0.25, -0.2) is 40.0 Å². The minimum absolute atomic E-state index is 0. The third kappa shape index (κ3) is 41.4. The van der Waals surface area contributed by atoms with Gasteiger partial charge in [-0.3, -0.25) is 71.9 Å². The fourth-order valence-corrected chi connectivity index (χ4v) is 18.0. The smallest absolute Gasteiger partial charge is 0.870 e. The molecule has 762 valence electrons. The van der Waals surface area contributed by atoms with Crippen LogP contribution in [0.15, 0.2) is 150 Å². The predicted octanol–water partition coefficient (Wildman–Crippen LogP) is 12.6. The van der Waals surface area contributed by atoms with E-state index in [-0.39, 0.29) is 173 Å². The van der Waals surface area contributed by atoms with Crippen molar-refractivity contribution in [2.75, 3.05) is 69.8 Å². The summed E-state index contributed by atoms with van der Waals surface area (Å²) in [5.74, 6) is -4.87. The van der Waals surface area contributed by atoms with Crippen molar-refractivity contribution in [3.8, 4) is 16.7 Å². The Hall–Kier alpha value is -12.8. The number of nitrogens with two attached hydrogens (primary N) is 2. The zero-order chi connectivity index (χ0) is 106. The number of fused-ring (bicyclic) bond motifs is 6. The van der Waals surface area contributed by atoms with E-state index in [9.17, 15) is 76.7 Å². The van der Waals surface area contributed by atoms with Crippen molar-refractivity contribution in [3.63, 3.8) is 0 Å². The molecule has 0 aliphatic carbocycles. The van der Waals surface area contributed by atoms with Gasteiger partial charge >= 0.3 is 94.1 Å². The maximum Gasteiger partial charge on any atom is 1.00 e. The van der Waals surface area contributed by atoms with Gasteiger partial charge in [0, 0.05) is 86.5 Å². The van der Waals surface area contributed by atoms with Gasteiger partial charge in [0.1, 0.15) is 29.8 Å². The standard InChI is InChI=1S/C17H18N4O3S.C17H16N4O3S.C17H18N2O5S.C11H9BrN2O2S.C11H10N2O2S.C9H8N2OS.C8H9NO.C6H10O3.CHNS.CH4.K.Li.H2O/c2*1-4-24-16(23)12-8-14(21-20-9(12)2)11-5-6-13-15(7-11)25-17(19-13)18-10(3)22;1-4-24-16(23)12(9(2)20)8-14(22)11-5-6-13-15(7-11)25-17(19-13)18-10(3)21;1-6(15)13-11-14-8-3-2-7(9(16)5-12)4-10(8)17-11;1-6(14)8-3-4-9-10(5-8)16-11(13-9)12-7(2)15;1-5(12)6-2-3-7-8(4-6)13-9(10)11-7;1-6(10)7-2-4-8(9)5-3-7;1-3-9-6(8)4-5(2)7;2-1-3;;;;/h5-7,12H,4,8H2,1-3H3,(H,18,19,22);5-8H,4H2,1-3H3,(H,18,19,22);5-7,12H,4,8H2,1-3H3,(H,18,19,21);2-4H,5H2,1H3,(H,13,14,15);3-5H,1-2H3,(H,12,13,15);2-4H,1H3,(H2,10,11);2-5H,9H2,1H3;3-4H2,1-2H3;3H;1H4;;;1H2/q;;;;;;;;;;2*+1;/p-2. The summed E-state index contributed by atoms with van der Waals surface area (Å²) in [7, 11) is 0. The minimum atomic E-state index is -1.10. The van der Waals surface area contributed by atoms with Gasteiger partial charge in [0.2, 0.25) is 29.5 Å². The number of Topliss-reactive ketones (excluding diaryl/α,β-unsaturated/α-hetero) is 7. The summed E-state index contributed by atoms with van der Waals surface area (Å²) in [6.45, 7) is 25.9. The SMILES string of the molecule is C.CC(=O)Nc1nc2ccc(C(=O)CBr)cc2s1.CC(=O)Nc1nc2ccc(C(C)=O)cc2s1.CC(=O)c1ccc(N)cc1.CC(=O)c1ccc2nc(N)sc2c1.CCOC(=O)C(CC(=O)c1ccc2nc(NC(C)=O)sc2c1)C(C)=O.CCOC(=O)C1CC(c2ccc3nc(NC(C)=O)sc3c2)=NN=C1C.CCOC(=O)CC(C)=O.CCOC(=O)c1cc(-c2ccc3nc(NC(C)=O)sc3c2)nnc1C.N#C[S-].[K+].[Li+].[OH-]. The van der Waals surface area contributed by atoms with E-state index in [2.05, 4.69) is 110 Å². The van der Waals surface area contributed by atoms with Crippen LogP contribution in [0, 0.1) is 29.4 Å². The molecule has 7 aromatic heterocycles. The zero-order valence-electron chi connectivity index (χ0n) is 82.5. The number of esters is 4. The molecule has 8 heterocycles. The van der Waals surface area contributed by atoms with Crippen LogP contribution in [-0.2, 0) is 79.5 Å². The van der Waals surface area contributed by atoms with E-state index < -0.39 is 35.5 Å². The Morgan fingerprint density at radius 1 is 0.456 bits per heavy atom. The Bertz CT molecular complexity index is 7220. The number of nitrogen functional groups attached to an aromatic ring is 2. The molecule has 0 fully saturated rings. The number of carbonyl (C=O) groups is 16. The number of aryl methyl sites for hydroxylation is 1. The van der Waals surface area contributed by atoms with Crippen LogP contribution in [0.3, 0.4) is 0 Å². The molecule has 7 aromatic carbocycles. The molecule has 0 radical (unpaired) electrons. The van der Waals surface area contributed by atoms with Gasteiger partial charge in [-0.2, -0.15) is 20.4 Å². The monoisotopic (exact) mass is 2220 g/mol. The van der Waals surface area contributed by atoms with Crippen molar-refractivity contribution in [2.24, 2.45) is 22.0 Å². The molecular formula is C98H103BrKLiN18O21S7. The van der Waals surface area contributed by atoms with Crippen LogP contribution in [0.1, 0.15) is 204 Å². The molecule has 0 saturated heterocycles. The number of aromatic nitrogens is 8. The minimum Gasteiger partial charge on any atom is -0.870 e. The van der Waals surface area contributed by atoms with E-state index >= 15 is 0 Å². The molecule has 2 unspecified atom stereocenters. The second-order valence-corrected chi connectivity index (χ2v) is 37.0. The molecule has 147 heavy (non-hydrogen) atoms. The molecular weight excluding hydrogens is 2120 g/mol. The van der Waals surface area contributed by atoms with E-state index in [0.717, 1.165) is 72.6 Å².